The Bertz CT molecular complexity index is 1090. The standard InChI is InChI=1S/C27H33N3O/c1-8-30-25-12-19(4)21(14-24(25)20(5)15-27(30,6)7)13-22(16-28)26(31)29-23-10-9-17(2)18(3)11-23/h9-14,20H,8,15H2,1-7H3,(H,29,31)/b22-13-/t20-/m0/s1. The van der Waals surface area contributed by atoms with Crippen LogP contribution in [0.4, 0.5) is 11.4 Å². The molecule has 1 atom stereocenters. The lowest BCUT2D eigenvalue weighted by molar-refractivity contribution is -0.112. The quantitative estimate of drug-likeness (QED) is 0.473. The van der Waals surface area contributed by atoms with E-state index in [4.69, 9.17) is 0 Å². The van der Waals surface area contributed by atoms with Gasteiger partial charge in [0.05, 0.1) is 0 Å². The Morgan fingerprint density at radius 2 is 1.90 bits per heavy atom. The maximum Gasteiger partial charge on any atom is 0.266 e. The number of anilines is 2. The van der Waals surface area contributed by atoms with E-state index in [9.17, 15) is 10.1 Å². The number of carbonyl (C=O) groups excluding carboxylic acids is 1. The summed E-state index contributed by atoms with van der Waals surface area (Å²) in [5.74, 6) is 0.0303. The molecule has 0 aromatic heterocycles. The van der Waals surface area contributed by atoms with Crippen LogP contribution in [-0.2, 0) is 4.79 Å². The van der Waals surface area contributed by atoms with Gasteiger partial charge in [-0.1, -0.05) is 13.0 Å². The first kappa shape index (κ1) is 22.6. The smallest absolute Gasteiger partial charge is 0.266 e. The highest BCUT2D eigenvalue weighted by atomic mass is 16.1. The van der Waals surface area contributed by atoms with E-state index in [2.05, 4.69) is 56.1 Å². The highest BCUT2D eigenvalue weighted by Gasteiger charge is 2.35. The first-order valence-electron chi connectivity index (χ1n) is 11.0. The maximum absolute atomic E-state index is 12.8. The summed E-state index contributed by atoms with van der Waals surface area (Å²) < 4.78 is 0. The van der Waals surface area contributed by atoms with E-state index in [-0.39, 0.29) is 17.0 Å². The molecule has 31 heavy (non-hydrogen) atoms. The van der Waals surface area contributed by atoms with Crippen LogP contribution in [0.15, 0.2) is 35.9 Å². The number of amides is 1. The Morgan fingerprint density at radius 1 is 1.19 bits per heavy atom. The third-order valence-electron chi connectivity index (χ3n) is 6.52. The van der Waals surface area contributed by atoms with Crippen molar-refractivity contribution in [2.45, 2.75) is 66.3 Å². The molecule has 0 fully saturated rings. The Balaban J connectivity index is 1.96. The first-order valence-corrected chi connectivity index (χ1v) is 11.0. The molecule has 3 rings (SSSR count). The van der Waals surface area contributed by atoms with Gasteiger partial charge in [0.1, 0.15) is 11.6 Å². The van der Waals surface area contributed by atoms with Gasteiger partial charge in [0.25, 0.3) is 5.91 Å². The topological polar surface area (TPSA) is 56.1 Å². The molecular weight excluding hydrogens is 382 g/mol. The van der Waals surface area contributed by atoms with Crippen LogP contribution in [-0.4, -0.2) is 18.0 Å². The minimum atomic E-state index is -0.382. The SMILES string of the molecule is CCN1c2cc(C)c(/C=C(/C#N)C(=O)Nc3ccc(C)c(C)c3)cc2[C@@H](C)CC1(C)C. The number of fused-ring (bicyclic) bond motifs is 1. The van der Waals surface area contributed by atoms with Crippen molar-refractivity contribution in [3.63, 3.8) is 0 Å². The number of nitrogens with one attached hydrogen (secondary N) is 1. The fraction of sp³-hybridized carbons (Fsp3) is 0.407. The summed E-state index contributed by atoms with van der Waals surface area (Å²) in [6.45, 7) is 16.1. The van der Waals surface area contributed by atoms with Crippen LogP contribution in [0, 0.1) is 32.1 Å². The van der Waals surface area contributed by atoms with E-state index in [0.29, 0.717) is 11.6 Å². The normalized spacial score (nSPS) is 17.7. The van der Waals surface area contributed by atoms with Crippen molar-refractivity contribution < 1.29 is 4.79 Å². The van der Waals surface area contributed by atoms with Crippen molar-refractivity contribution in [1.29, 1.82) is 5.26 Å². The molecular formula is C27H33N3O. The molecule has 1 aliphatic heterocycles. The zero-order valence-corrected chi connectivity index (χ0v) is 19.8. The number of carbonyl (C=O) groups is 1. The van der Waals surface area contributed by atoms with Gasteiger partial charge < -0.3 is 10.2 Å². The van der Waals surface area contributed by atoms with E-state index >= 15 is 0 Å². The number of benzene rings is 2. The monoisotopic (exact) mass is 415 g/mol. The molecule has 1 aliphatic rings. The molecule has 4 nitrogen and oxygen atoms in total. The van der Waals surface area contributed by atoms with E-state index < -0.39 is 0 Å². The number of hydrogen-bond acceptors (Lipinski definition) is 3. The molecule has 0 radical (unpaired) electrons. The minimum Gasteiger partial charge on any atom is -0.366 e. The highest BCUT2D eigenvalue weighted by molar-refractivity contribution is 6.09. The molecule has 0 spiro atoms. The van der Waals surface area contributed by atoms with Crippen molar-refractivity contribution in [2.75, 3.05) is 16.8 Å². The molecule has 0 bridgehead atoms. The van der Waals surface area contributed by atoms with Gasteiger partial charge in [0.2, 0.25) is 0 Å². The fourth-order valence-electron chi connectivity index (χ4n) is 4.73. The average Bonchev–Trinajstić information content (AvgIpc) is 2.69. The molecule has 4 heteroatoms. The number of hydrogen-bond donors (Lipinski definition) is 1. The lowest BCUT2D eigenvalue weighted by atomic mass is 9.79. The van der Waals surface area contributed by atoms with Gasteiger partial charge in [0.15, 0.2) is 0 Å². The van der Waals surface area contributed by atoms with Crippen LogP contribution in [0.25, 0.3) is 6.08 Å². The summed E-state index contributed by atoms with van der Waals surface area (Å²) in [4.78, 5) is 15.2. The van der Waals surface area contributed by atoms with E-state index in [1.165, 1.54) is 11.3 Å². The van der Waals surface area contributed by atoms with E-state index in [1.54, 1.807) is 6.08 Å². The predicted octanol–water partition coefficient (Wildman–Crippen LogP) is 6.27. The highest BCUT2D eigenvalue weighted by Crippen LogP contribution is 2.44. The van der Waals surface area contributed by atoms with Crippen molar-refractivity contribution in [1.82, 2.24) is 0 Å². The largest absolute Gasteiger partial charge is 0.366 e. The van der Waals surface area contributed by atoms with E-state index in [1.807, 2.05) is 39.0 Å². The van der Waals surface area contributed by atoms with Crippen molar-refractivity contribution in [3.8, 4) is 6.07 Å². The Hall–Kier alpha value is -3.06. The van der Waals surface area contributed by atoms with Gasteiger partial charge in [-0.05, 0) is 112 Å². The maximum atomic E-state index is 12.8. The number of rotatable bonds is 4. The van der Waals surface area contributed by atoms with Gasteiger partial charge in [0, 0.05) is 23.5 Å². The summed E-state index contributed by atoms with van der Waals surface area (Å²) in [5.41, 5.74) is 7.71. The van der Waals surface area contributed by atoms with Crippen LogP contribution in [0.2, 0.25) is 0 Å². The van der Waals surface area contributed by atoms with Crippen LogP contribution >= 0.6 is 0 Å². The van der Waals surface area contributed by atoms with Crippen LogP contribution in [0.3, 0.4) is 0 Å². The van der Waals surface area contributed by atoms with Crippen molar-refractivity contribution in [3.05, 3.63) is 63.7 Å². The minimum absolute atomic E-state index is 0.106. The Labute approximate surface area is 186 Å². The van der Waals surface area contributed by atoms with Crippen molar-refractivity contribution >= 4 is 23.4 Å². The third kappa shape index (κ3) is 4.51. The number of aryl methyl sites for hydroxylation is 3. The van der Waals surface area contributed by atoms with Gasteiger partial charge in [-0.25, -0.2) is 0 Å². The summed E-state index contributed by atoms with van der Waals surface area (Å²) >= 11 is 0. The average molecular weight is 416 g/mol. The van der Waals surface area contributed by atoms with Crippen LogP contribution in [0.1, 0.15) is 67.9 Å². The van der Waals surface area contributed by atoms with Crippen LogP contribution in [0.5, 0.6) is 0 Å². The molecule has 0 saturated carbocycles. The third-order valence-corrected chi connectivity index (χ3v) is 6.52. The second-order valence-electron chi connectivity index (χ2n) is 9.35. The second-order valence-corrected chi connectivity index (χ2v) is 9.35. The Morgan fingerprint density at radius 3 is 2.52 bits per heavy atom. The van der Waals surface area contributed by atoms with Crippen LogP contribution < -0.4 is 10.2 Å². The van der Waals surface area contributed by atoms with Gasteiger partial charge >= 0.3 is 0 Å². The Kier molecular flexibility index (Phi) is 6.27. The summed E-state index contributed by atoms with van der Waals surface area (Å²) in [7, 11) is 0. The molecule has 0 aliphatic carbocycles. The second kappa shape index (κ2) is 8.59. The lowest BCUT2D eigenvalue weighted by Gasteiger charge is -2.47. The van der Waals surface area contributed by atoms with Gasteiger partial charge in [-0.2, -0.15) is 5.26 Å². The van der Waals surface area contributed by atoms with E-state index in [0.717, 1.165) is 35.2 Å². The number of nitrogens with zero attached hydrogens (tertiary/aromatic N) is 2. The molecule has 0 saturated heterocycles. The predicted molar refractivity (Wildman–Crippen MR) is 129 cm³/mol. The fourth-order valence-corrected chi connectivity index (χ4v) is 4.73. The molecule has 2 aromatic rings. The molecule has 1 N–H and O–H groups in total. The zero-order valence-electron chi connectivity index (χ0n) is 19.8. The molecule has 2 aromatic carbocycles. The van der Waals surface area contributed by atoms with Gasteiger partial charge in [-0.3, -0.25) is 4.79 Å². The molecule has 1 amide bonds. The summed E-state index contributed by atoms with van der Waals surface area (Å²) in [6.07, 6.45) is 2.78. The lowest BCUT2D eigenvalue weighted by Crippen LogP contribution is -2.48. The molecule has 0 unspecified atom stereocenters. The van der Waals surface area contributed by atoms with Crippen molar-refractivity contribution in [2.24, 2.45) is 0 Å². The molecule has 162 valence electrons. The zero-order chi connectivity index (χ0) is 22.9. The molecule has 1 heterocycles. The number of nitriles is 1. The summed E-state index contributed by atoms with van der Waals surface area (Å²) in [5, 5.41) is 12.5. The van der Waals surface area contributed by atoms with Gasteiger partial charge in [-0.15, -0.1) is 0 Å². The summed E-state index contributed by atoms with van der Waals surface area (Å²) in [6, 6.07) is 12.2. The first-order chi connectivity index (χ1) is 14.6.